The molecule has 1 aromatic carbocycles. The fraction of sp³-hybridized carbons (Fsp3) is 0.333. The van der Waals surface area contributed by atoms with Gasteiger partial charge in [-0.25, -0.2) is 4.79 Å². The highest BCUT2D eigenvalue weighted by Crippen LogP contribution is 2.27. The normalized spacial score (nSPS) is 17.2. The van der Waals surface area contributed by atoms with Crippen molar-refractivity contribution in [3.8, 4) is 0 Å². The van der Waals surface area contributed by atoms with E-state index in [1.165, 1.54) is 12.1 Å². The molecule has 2 rings (SSSR count). The maximum absolute atomic E-state index is 12.0. The first-order valence-corrected chi connectivity index (χ1v) is 6.17. The van der Waals surface area contributed by atoms with Gasteiger partial charge >= 0.3 is 6.03 Å². The van der Waals surface area contributed by atoms with E-state index in [1.807, 2.05) is 0 Å². The van der Waals surface area contributed by atoms with Crippen LogP contribution in [0.3, 0.4) is 0 Å². The standard InChI is InChI=1S/C12H12ClN3O4/c1-12(2)10(17)15(11(18)14-12)6-7-3-4-8(13)9(5-7)16(19)20/h3-5H,6H2,1-2H3,(H,14,18). The smallest absolute Gasteiger partial charge is 0.324 e. The quantitative estimate of drug-likeness (QED) is 0.525. The molecule has 20 heavy (non-hydrogen) atoms. The molecule has 1 fully saturated rings. The number of imide groups is 1. The second kappa shape index (κ2) is 4.75. The zero-order valence-electron chi connectivity index (χ0n) is 10.8. The molecule has 0 radical (unpaired) electrons. The predicted molar refractivity (Wildman–Crippen MR) is 71.3 cm³/mol. The third-order valence-electron chi connectivity index (χ3n) is 2.99. The van der Waals surface area contributed by atoms with Gasteiger partial charge in [0.05, 0.1) is 11.5 Å². The highest BCUT2D eigenvalue weighted by Gasteiger charge is 2.44. The van der Waals surface area contributed by atoms with Crippen molar-refractivity contribution in [2.75, 3.05) is 0 Å². The van der Waals surface area contributed by atoms with Gasteiger partial charge in [-0.15, -0.1) is 0 Å². The second-order valence-electron chi connectivity index (χ2n) is 4.99. The van der Waals surface area contributed by atoms with Gasteiger partial charge in [0.25, 0.3) is 11.6 Å². The number of hydrogen-bond donors (Lipinski definition) is 1. The average molecular weight is 298 g/mol. The third kappa shape index (κ3) is 2.44. The summed E-state index contributed by atoms with van der Waals surface area (Å²) in [5.41, 5.74) is -0.757. The molecule has 0 atom stereocenters. The van der Waals surface area contributed by atoms with E-state index in [9.17, 15) is 19.7 Å². The first-order valence-electron chi connectivity index (χ1n) is 5.79. The SMILES string of the molecule is CC1(C)NC(=O)N(Cc2ccc(Cl)c([N+](=O)[O-])c2)C1=O. The fourth-order valence-corrected chi connectivity index (χ4v) is 2.13. The maximum Gasteiger partial charge on any atom is 0.325 e. The number of carbonyl (C=O) groups excluding carboxylic acids is 2. The van der Waals surface area contributed by atoms with Gasteiger partial charge in [0, 0.05) is 6.07 Å². The molecule has 8 heteroatoms. The van der Waals surface area contributed by atoms with Gasteiger partial charge in [0.15, 0.2) is 0 Å². The van der Waals surface area contributed by atoms with Gasteiger partial charge in [-0.3, -0.25) is 19.8 Å². The van der Waals surface area contributed by atoms with Crippen LogP contribution in [0.5, 0.6) is 0 Å². The van der Waals surface area contributed by atoms with Crippen LogP contribution >= 0.6 is 11.6 Å². The highest BCUT2D eigenvalue weighted by atomic mass is 35.5. The minimum Gasteiger partial charge on any atom is -0.324 e. The van der Waals surface area contributed by atoms with Crippen molar-refractivity contribution in [1.82, 2.24) is 10.2 Å². The number of carbonyl (C=O) groups is 2. The van der Waals surface area contributed by atoms with Crippen LogP contribution in [0.4, 0.5) is 10.5 Å². The molecule has 1 aromatic rings. The molecular weight excluding hydrogens is 286 g/mol. The number of nitro groups is 1. The van der Waals surface area contributed by atoms with Gasteiger partial charge in [-0.05, 0) is 25.5 Å². The van der Waals surface area contributed by atoms with E-state index in [4.69, 9.17) is 11.6 Å². The van der Waals surface area contributed by atoms with Gasteiger partial charge in [0.2, 0.25) is 0 Å². The van der Waals surface area contributed by atoms with Crippen molar-refractivity contribution in [2.24, 2.45) is 0 Å². The number of benzene rings is 1. The number of nitrogens with one attached hydrogen (secondary N) is 1. The third-order valence-corrected chi connectivity index (χ3v) is 3.31. The Morgan fingerprint density at radius 3 is 2.55 bits per heavy atom. The Balaban J connectivity index is 2.27. The topological polar surface area (TPSA) is 92.6 Å². The second-order valence-corrected chi connectivity index (χ2v) is 5.40. The molecule has 0 spiro atoms. The van der Waals surface area contributed by atoms with Crippen molar-refractivity contribution in [1.29, 1.82) is 0 Å². The van der Waals surface area contributed by atoms with Crippen molar-refractivity contribution < 1.29 is 14.5 Å². The lowest BCUT2D eigenvalue weighted by Crippen LogP contribution is -2.40. The lowest BCUT2D eigenvalue weighted by Gasteiger charge is -2.16. The van der Waals surface area contributed by atoms with Crippen molar-refractivity contribution in [2.45, 2.75) is 25.9 Å². The summed E-state index contributed by atoms with van der Waals surface area (Å²) in [7, 11) is 0. The number of hydrogen-bond acceptors (Lipinski definition) is 4. The molecule has 106 valence electrons. The summed E-state index contributed by atoms with van der Waals surface area (Å²) in [5.74, 6) is -0.375. The van der Waals surface area contributed by atoms with Gasteiger partial charge < -0.3 is 5.32 Å². The molecule has 7 nitrogen and oxygen atoms in total. The van der Waals surface area contributed by atoms with Crippen LogP contribution in [0.25, 0.3) is 0 Å². The minimum atomic E-state index is -0.963. The van der Waals surface area contributed by atoms with Crippen LogP contribution < -0.4 is 5.32 Å². The van der Waals surface area contributed by atoms with E-state index < -0.39 is 16.5 Å². The van der Waals surface area contributed by atoms with E-state index in [0.717, 1.165) is 4.90 Å². The molecule has 1 aliphatic heterocycles. The summed E-state index contributed by atoms with van der Waals surface area (Å²) >= 11 is 5.71. The average Bonchev–Trinajstić information content (AvgIpc) is 2.53. The molecule has 1 aliphatic rings. The molecule has 1 heterocycles. The molecular formula is C12H12ClN3O4. The van der Waals surface area contributed by atoms with E-state index >= 15 is 0 Å². The lowest BCUT2D eigenvalue weighted by molar-refractivity contribution is -0.384. The Labute approximate surface area is 119 Å². The number of amides is 3. The Bertz CT molecular complexity index is 615. The number of nitrogens with zero attached hydrogens (tertiary/aromatic N) is 2. The summed E-state index contributed by atoms with van der Waals surface area (Å²) in [4.78, 5) is 35.0. The van der Waals surface area contributed by atoms with Crippen LogP contribution in [-0.4, -0.2) is 27.3 Å². The highest BCUT2D eigenvalue weighted by molar-refractivity contribution is 6.32. The zero-order valence-corrected chi connectivity index (χ0v) is 11.6. The molecule has 0 aliphatic carbocycles. The first kappa shape index (κ1) is 14.3. The maximum atomic E-state index is 12.0. The molecule has 0 unspecified atom stereocenters. The summed E-state index contributed by atoms with van der Waals surface area (Å²) in [6.45, 7) is 3.15. The molecule has 3 amide bonds. The van der Waals surface area contributed by atoms with Crippen LogP contribution in [-0.2, 0) is 11.3 Å². The zero-order chi connectivity index (χ0) is 15.1. The molecule has 1 N–H and O–H groups in total. The van der Waals surface area contributed by atoms with Crippen LogP contribution in [0.1, 0.15) is 19.4 Å². The fourth-order valence-electron chi connectivity index (χ4n) is 1.94. The summed E-state index contributed by atoms with van der Waals surface area (Å²) in [5, 5.41) is 13.4. The van der Waals surface area contributed by atoms with E-state index in [-0.39, 0.29) is 23.2 Å². The minimum absolute atomic E-state index is 0.0104. The van der Waals surface area contributed by atoms with E-state index in [0.29, 0.717) is 5.56 Å². The Hall–Kier alpha value is -2.15. The monoisotopic (exact) mass is 297 g/mol. The van der Waals surface area contributed by atoms with Crippen molar-refractivity contribution >= 4 is 29.2 Å². The molecule has 1 saturated heterocycles. The first-order chi connectivity index (χ1) is 9.22. The number of halogens is 1. The molecule has 0 saturated carbocycles. The summed E-state index contributed by atoms with van der Waals surface area (Å²) in [6, 6.07) is 3.66. The predicted octanol–water partition coefficient (Wildman–Crippen LogP) is 2.08. The Morgan fingerprint density at radius 1 is 1.40 bits per heavy atom. The summed E-state index contributed by atoms with van der Waals surface area (Å²) < 4.78 is 0. The number of rotatable bonds is 3. The van der Waals surface area contributed by atoms with Gasteiger partial charge in [-0.2, -0.15) is 0 Å². The van der Waals surface area contributed by atoms with E-state index in [1.54, 1.807) is 19.9 Å². The van der Waals surface area contributed by atoms with Crippen LogP contribution in [0.15, 0.2) is 18.2 Å². The van der Waals surface area contributed by atoms with Crippen molar-refractivity contribution in [3.05, 3.63) is 38.9 Å². The van der Waals surface area contributed by atoms with Crippen LogP contribution in [0.2, 0.25) is 5.02 Å². The number of nitro benzene ring substituents is 1. The summed E-state index contributed by atoms with van der Waals surface area (Å²) in [6.07, 6.45) is 0. The Morgan fingerprint density at radius 2 is 2.05 bits per heavy atom. The number of urea groups is 1. The Kier molecular flexibility index (Phi) is 3.39. The van der Waals surface area contributed by atoms with Gasteiger partial charge in [0.1, 0.15) is 10.6 Å². The largest absolute Gasteiger partial charge is 0.325 e. The molecule has 0 bridgehead atoms. The van der Waals surface area contributed by atoms with Crippen molar-refractivity contribution in [3.63, 3.8) is 0 Å². The van der Waals surface area contributed by atoms with Gasteiger partial charge in [-0.1, -0.05) is 17.7 Å². The van der Waals surface area contributed by atoms with E-state index in [2.05, 4.69) is 5.32 Å². The lowest BCUT2D eigenvalue weighted by atomic mass is 10.1. The van der Waals surface area contributed by atoms with Crippen LogP contribution in [0, 0.1) is 10.1 Å². The molecule has 0 aromatic heterocycles.